The van der Waals surface area contributed by atoms with Gasteiger partial charge < -0.3 is 15.5 Å². The highest BCUT2D eigenvalue weighted by atomic mass is 35.5. The first kappa shape index (κ1) is 22.8. The third kappa shape index (κ3) is 3.83. The Balaban J connectivity index is 1.84. The van der Waals surface area contributed by atoms with Crippen LogP contribution in [0.3, 0.4) is 0 Å². The van der Waals surface area contributed by atoms with E-state index >= 15 is 0 Å². The fourth-order valence-corrected chi connectivity index (χ4v) is 5.25. The molecule has 0 saturated carbocycles. The highest BCUT2D eigenvalue weighted by Crippen LogP contribution is 2.42. The summed E-state index contributed by atoms with van der Waals surface area (Å²) < 4.78 is 0. The van der Waals surface area contributed by atoms with Crippen LogP contribution in [0.15, 0.2) is 42.2 Å². The van der Waals surface area contributed by atoms with Crippen LogP contribution in [-0.4, -0.2) is 45.9 Å². The van der Waals surface area contributed by atoms with Gasteiger partial charge in [-0.05, 0) is 72.6 Å². The fraction of sp³-hybridized carbons (Fsp3) is 0.423. The summed E-state index contributed by atoms with van der Waals surface area (Å²) in [5, 5.41) is 25.1. The minimum absolute atomic E-state index is 0.144. The van der Waals surface area contributed by atoms with E-state index in [0.29, 0.717) is 36.5 Å². The quantitative estimate of drug-likeness (QED) is 0.612. The van der Waals surface area contributed by atoms with Crippen molar-refractivity contribution < 1.29 is 15.0 Å². The zero-order valence-electron chi connectivity index (χ0n) is 18.9. The molecule has 0 radical (unpaired) electrons. The van der Waals surface area contributed by atoms with E-state index in [2.05, 4.69) is 31.3 Å². The van der Waals surface area contributed by atoms with Crippen molar-refractivity contribution in [3.05, 3.63) is 63.9 Å². The zero-order chi connectivity index (χ0) is 23.0. The predicted octanol–water partition coefficient (Wildman–Crippen LogP) is 4.70. The van der Waals surface area contributed by atoms with Gasteiger partial charge in [-0.15, -0.1) is 0 Å². The van der Waals surface area contributed by atoms with Crippen LogP contribution < -0.4 is 5.32 Å². The lowest BCUT2D eigenvalue weighted by Crippen LogP contribution is -2.54. The number of rotatable bonds is 5. The number of nitrogens with one attached hydrogen (secondary N) is 1. The number of carbonyl (C=O) groups is 1. The zero-order valence-corrected chi connectivity index (χ0v) is 19.7. The van der Waals surface area contributed by atoms with E-state index in [1.165, 1.54) is 0 Å². The van der Waals surface area contributed by atoms with Crippen molar-refractivity contribution >= 4 is 23.1 Å². The molecule has 0 bridgehead atoms. The van der Waals surface area contributed by atoms with E-state index in [1.807, 2.05) is 29.2 Å². The molecule has 0 aliphatic carbocycles. The molecule has 1 fully saturated rings. The number of nitrogens with zero attached hydrogens (tertiary/aromatic N) is 1. The van der Waals surface area contributed by atoms with Gasteiger partial charge in [0.15, 0.2) is 0 Å². The average Bonchev–Trinajstić information content (AvgIpc) is 3.02. The van der Waals surface area contributed by atoms with Gasteiger partial charge in [0, 0.05) is 18.1 Å². The Morgan fingerprint density at radius 3 is 2.31 bits per heavy atom. The van der Waals surface area contributed by atoms with Crippen molar-refractivity contribution in [1.82, 2.24) is 10.2 Å². The Labute approximate surface area is 194 Å². The van der Waals surface area contributed by atoms with Crippen LogP contribution in [0.5, 0.6) is 0 Å². The number of hydrogen-bond acceptors (Lipinski definition) is 4. The summed E-state index contributed by atoms with van der Waals surface area (Å²) in [6.07, 6.45) is 2.09. The van der Waals surface area contributed by atoms with E-state index in [9.17, 15) is 15.0 Å². The molecule has 6 heteroatoms. The molecule has 4 rings (SSSR count). The van der Waals surface area contributed by atoms with E-state index < -0.39 is 11.8 Å². The second kappa shape index (κ2) is 8.89. The molecule has 0 aromatic heterocycles. The molecule has 170 valence electrons. The van der Waals surface area contributed by atoms with Crippen LogP contribution in [-0.2, 0) is 17.6 Å². The summed E-state index contributed by atoms with van der Waals surface area (Å²) in [5.41, 5.74) is 4.69. The second-order valence-corrected chi connectivity index (χ2v) is 9.20. The smallest absolute Gasteiger partial charge is 0.256 e. The number of likely N-dealkylation sites (tertiary alicyclic amines) is 1. The van der Waals surface area contributed by atoms with Gasteiger partial charge in [0.2, 0.25) is 0 Å². The third-order valence-electron chi connectivity index (χ3n) is 6.99. The van der Waals surface area contributed by atoms with Gasteiger partial charge in [-0.25, -0.2) is 0 Å². The largest absolute Gasteiger partial charge is 0.509 e. The molecule has 1 saturated heterocycles. The van der Waals surface area contributed by atoms with E-state index in [1.54, 1.807) is 6.92 Å². The summed E-state index contributed by atoms with van der Waals surface area (Å²) in [6.45, 7) is 7.12. The molecule has 1 atom stereocenters. The number of benzene rings is 2. The maximum Gasteiger partial charge on any atom is 0.256 e. The molecule has 1 unspecified atom stereocenters. The minimum Gasteiger partial charge on any atom is -0.509 e. The van der Waals surface area contributed by atoms with Gasteiger partial charge in [0.05, 0.1) is 5.57 Å². The molecule has 3 N–H and O–H groups in total. The first-order valence-corrected chi connectivity index (χ1v) is 11.8. The van der Waals surface area contributed by atoms with Crippen molar-refractivity contribution in [1.29, 1.82) is 0 Å². The highest BCUT2D eigenvalue weighted by molar-refractivity contribution is 6.30. The van der Waals surface area contributed by atoms with Crippen molar-refractivity contribution in [3.63, 3.8) is 0 Å². The molecule has 2 aliphatic rings. The highest BCUT2D eigenvalue weighted by Gasteiger charge is 2.48. The summed E-state index contributed by atoms with van der Waals surface area (Å²) in [5.74, 6) is -0.0731. The Bertz CT molecular complexity index is 1050. The first-order chi connectivity index (χ1) is 15.3. The molecule has 2 aromatic carbocycles. The lowest BCUT2D eigenvalue weighted by Gasteiger charge is -2.40. The van der Waals surface area contributed by atoms with Gasteiger partial charge in [-0.2, -0.15) is 0 Å². The lowest BCUT2D eigenvalue weighted by atomic mass is 9.82. The van der Waals surface area contributed by atoms with Crippen molar-refractivity contribution in [2.45, 2.75) is 58.2 Å². The maximum absolute atomic E-state index is 13.3. The fourth-order valence-electron chi connectivity index (χ4n) is 5.13. The molecule has 1 amide bonds. The number of amides is 1. The topological polar surface area (TPSA) is 72.8 Å². The van der Waals surface area contributed by atoms with Gasteiger partial charge in [0.25, 0.3) is 5.91 Å². The average molecular weight is 455 g/mol. The number of halogens is 1. The van der Waals surface area contributed by atoms with Crippen LogP contribution in [0.2, 0.25) is 5.02 Å². The Morgan fingerprint density at radius 2 is 1.75 bits per heavy atom. The molecule has 5 nitrogen and oxygen atoms in total. The van der Waals surface area contributed by atoms with Crippen molar-refractivity contribution in [2.75, 3.05) is 13.1 Å². The minimum atomic E-state index is -0.760. The van der Waals surface area contributed by atoms with Gasteiger partial charge >= 0.3 is 0 Å². The van der Waals surface area contributed by atoms with E-state index in [0.717, 1.165) is 40.7 Å². The summed E-state index contributed by atoms with van der Waals surface area (Å²) in [6, 6.07) is 11.9. The van der Waals surface area contributed by atoms with Crippen LogP contribution in [0.1, 0.15) is 50.3 Å². The molecular formula is C26H31ClN2O3. The molecule has 1 spiro atoms. The van der Waals surface area contributed by atoms with Crippen LogP contribution in [0, 0.1) is 0 Å². The maximum atomic E-state index is 13.3. The molecule has 2 aliphatic heterocycles. The number of aryl methyl sites for hydroxylation is 1. The Kier molecular flexibility index (Phi) is 6.35. The number of carbonyl (C=O) groups excluding carboxylic acids is 1. The van der Waals surface area contributed by atoms with Crippen LogP contribution in [0.4, 0.5) is 0 Å². The standard InChI is InChI=1S/C26H31ClN2O3/c1-4-17-8-11-21(18-6-9-19(27)10-7-18)20(5-2)22(17)23-24(31)26(28-25(23)32)12-14-29(15-13-26)16(3)30/h6-11,16,30-31H,4-5,12-15H2,1-3H3,(H,28,32). The van der Waals surface area contributed by atoms with Gasteiger partial charge in [0.1, 0.15) is 17.5 Å². The summed E-state index contributed by atoms with van der Waals surface area (Å²) in [7, 11) is 0. The number of piperidine rings is 1. The van der Waals surface area contributed by atoms with E-state index in [4.69, 9.17) is 11.6 Å². The third-order valence-corrected chi connectivity index (χ3v) is 7.24. The van der Waals surface area contributed by atoms with Gasteiger partial charge in [-0.3, -0.25) is 9.69 Å². The number of hydrogen-bond donors (Lipinski definition) is 3. The predicted molar refractivity (Wildman–Crippen MR) is 129 cm³/mol. The van der Waals surface area contributed by atoms with Crippen LogP contribution >= 0.6 is 11.6 Å². The van der Waals surface area contributed by atoms with Crippen molar-refractivity contribution in [2.24, 2.45) is 0 Å². The monoisotopic (exact) mass is 454 g/mol. The normalized spacial score (nSPS) is 19.5. The number of aliphatic hydroxyl groups is 2. The second-order valence-electron chi connectivity index (χ2n) is 8.77. The van der Waals surface area contributed by atoms with Gasteiger partial charge in [-0.1, -0.05) is 49.7 Å². The molecular weight excluding hydrogens is 424 g/mol. The summed E-state index contributed by atoms with van der Waals surface area (Å²) >= 11 is 6.09. The molecule has 2 aromatic rings. The summed E-state index contributed by atoms with van der Waals surface area (Å²) in [4.78, 5) is 15.3. The van der Waals surface area contributed by atoms with Crippen molar-refractivity contribution in [3.8, 4) is 11.1 Å². The number of aliphatic hydroxyl groups excluding tert-OH is 2. The molecule has 32 heavy (non-hydrogen) atoms. The first-order valence-electron chi connectivity index (χ1n) is 11.4. The SMILES string of the molecule is CCc1ccc(-c2ccc(Cl)cc2)c(CC)c1C1=C(O)C2(CCN(C(C)O)CC2)NC1=O. The van der Waals surface area contributed by atoms with Crippen LogP contribution in [0.25, 0.3) is 16.7 Å². The Morgan fingerprint density at radius 1 is 1.09 bits per heavy atom. The Hall–Kier alpha value is -2.34. The molecule has 2 heterocycles. The lowest BCUT2D eigenvalue weighted by molar-refractivity contribution is -0.116. The van der Waals surface area contributed by atoms with E-state index in [-0.39, 0.29) is 11.7 Å².